The number of hydrogen-bond donors (Lipinski definition) is 2. The van der Waals surface area contributed by atoms with Gasteiger partial charge in [-0.1, -0.05) is 0 Å². The summed E-state index contributed by atoms with van der Waals surface area (Å²) in [7, 11) is 1.43. The third-order valence-corrected chi connectivity index (χ3v) is 2.71. The van der Waals surface area contributed by atoms with E-state index in [1.165, 1.54) is 20.1 Å². The van der Waals surface area contributed by atoms with Gasteiger partial charge >= 0.3 is 6.18 Å². The number of anilines is 3. The number of hydrogen-bond acceptors (Lipinski definition) is 5. The molecule has 122 valence electrons. The topological polar surface area (TPSA) is 76.1 Å². The Morgan fingerprint density at radius 2 is 2.00 bits per heavy atom. The van der Waals surface area contributed by atoms with Gasteiger partial charge in [-0.05, 0) is 24.3 Å². The number of ether oxygens (including phenoxy) is 1. The summed E-state index contributed by atoms with van der Waals surface area (Å²) in [5, 5.41) is 5.21. The van der Waals surface area contributed by atoms with Gasteiger partial charge in [-0.25, -0.2) is 9.97 Å². The van der Waals surface area contributed by atoms with Gasteiger partial charge in [0, 0.05) is 18.8 Å². The van der Waals surface area contributed by atoms with Crippen LogP contribution < -0.4 is 15.4 Å². The number of alkyl halides is 3. The maximum absolute atomic E-state index is 12.6. The Bertz CT molecular complexity index is 719. The van der Waals surface area contributed by atoms with Crippen molar-refractivity contribution in [1.82, 2.24) is 9.97 Å². The molecular weight excluding hydrogens is 313 g/mol. The Balaban J connectivity index is 2.28. The molecule has 0 unspecified atom stereocenters. The first-order valence-corrected chi connectivity index (χ1v) is 6.42. The van der Waals surface area contributed by atoms with E-state index in [0.29, 0.717) is 17.1 Å². The van der Waals surface area contributed by atoms with E-state index in [1.54, 1.807) is 12.1 Å². The molecule has 0 aliphatic rings. The summed E-state index contributed by atoms with van der Waals surface area (Å²) in [6.45, 7) is 1.33. The summed E-state index contributed by atoms with van der Waals surface area (Å²) >= 11 is 0. The van der Waals surface area contributed by atoms with Gasteiger partial charge in [0.05, 0.1) is 12.8 Å². The molecule has 1 aromatic heterocycles. The number of carbonyl (C=O) groups is 1. The monoisotopic (exact) mass is 326 g/mol. The van der Waals surface area contributed by atoms with Crippen molar-refractivity contribution in [2.75, 3.05) is 17.7 Å². The zero-order valence-corrected chi connectivity index (χ0v) is 12.2. The average molecular weight is 326 g/mol. The van der Waals surface area contributed by atoms with Crippen LogP contribution in [0.4, 0.5) is 30.5 Å². The molecule has 1 amide bonds. The molecule has 9 heteroatoms. The first kappa shape index (κ1) is 16.5. The Morgan fingerprint density at radius 1 is 1.26 bits per heavy atom. The van der Waals surface area contributed by atoms with Crippen molar-refractivity contribution in [3.63, 3.8) is 0 Å². The lowest BCUT2D eigenvalue weighted by Crippen LogP contribution is -2.10. The summed E-state index contributed by atoms with van der Waals surface area (Å²) < 4.78 is 43.0. The molecule has 0 aliphatic heterocycles. The minimum absolute atomic E-state index is 0.209. The van der Waals surface area contributed by atoms with Crippen LogP contribution in [0.1, 0.15) is 12.6 Å². The van der Waals surface area contributed by atoms with Crippen LogP contribution in [0.25, 0.3) is 0 Å². The molecule has 0 saturated heterocycles. The lowest BCUT2D eigenvalue weighted by Gasteiger charge is -2.12. The van der Waals surface area contributed by atoms with Crippen LogP contribution in [0.2, 0.25) is 0 Å². The van der Waals surface area contributed by atoms with Crippen molar-refractivity contribution in [2.45, 2.75) is 13.1 Å². The first-order chi connectivity index (χ1) is 10.8. The molecule has 0 aliphatic carbocycles. The van der Waals surface area contributed by atoms with Gasteiger partial charge in [-0.15, -0.1) is 0 Å². The van der Waals surface area contributed by atoms with Gasteiger partial charge < -0.3 is 15.4 Å². The van der Waals surface area contributed by atoms with Crippen molar-refractivity contribution in [3.05, 3.63) is 36.2 Å². The van der Waals surface area contributed by atoms with E-state index in [1.807, 2.05) is 0 Å². The van der Waals surface area contributed by atoms with Crippen LogP contribution >= 0.6 is 0 Å². The molecule has 0 spiro atoms. The smallest absolute Gasteiger partial charge is 0.433 e. The van der Waals surface area contributed by atoms with Crippen LogP contribution in [0, 0.1) is 0 Å². The molecule has 0 radical (unpaired) electrons. The van der Waals surface area contributed by atoms with Crippen molar-refractivity contribution >= 4 is 23.2 Å². The quantitative estimate of drug-likeness (QED) is 0.902. The first-order valence-electron chi connectivity index (χ1n) is 6.42. The Morgan fingerprint density at radius 3 is 2.61 bits per heavy atom. The zero-order chi connectivity index (χ0) is 17.0. The number of halogens is 3. The van der Waals surface area contributed by atoms with E-state index >= 15 is 0 Å². The van der Waals surface area contributed by atoms with E-state index in [0.717, 1.165) is 12.3 Å². The number of benzene rings is 1. The number of amides is 1. The largest absolute Gasteiger partial charge is 0.495 e. The summed E-state index contributed by atoms with van der Waals surface area (Å²) in [4.78, 5) is 18.3. The van der Waals surface area contributed by atoms with Crippen LogP contribution in [-0.4, -0.2) is 23.0 Å². The fourth-order valence-corrected chi connectivity index (χ4v) is 1.78. The lowest BCUT2D eigenvalue weighted by molar-refractivity contribution is -0.141. The van der Waals surface area contributed by atoms with Crippen molar-refractivity contribution in [3.8, 4) is 5.75 Å². The molecule has 1 heterocycles. The van der Waals surface area contributed by atoms with Crippen LogP contribution in [0.15, 0.2) is 30.5 Å². The highest BCUT2D eigenvalue weighted by molar-refractivity contribution is 5.91. The van der Waals surface area contributed by atoms with Crippen LogP contribution in [-0.2, 0) is 11.0 Å². The van der Waals surface area contributed by atoms with E-state index in [9.17, 15) is 18.0 Å². The number of rotatable bonds is 4. The molecule has 2 rings (SSSR count). The normalized spacial score (nSPS) is 11.0. The highest BCUT2D eigenvalue weighted by Gasteiger charge is 2.32. The molecule has 23 heavy (non-hydrogen) atoms. The van der Waals surface area contributed by atoms with Gasteiger partial charge in [0.2, 0.25) is 11.9 Å². The summed E-state index contributed by atoms with van der Waals surface area (Å²) in [5.41, 5.74) is -0.281. The number of carbonyl (C=O) groups excluding carboxylic acids is 1. The molecular formula is C14H13F3N4O2. The molecule has 2 N–H and O–H groups in total. The predicted octanol–water partition coefficient (Wildman–Crippen LogP) is 3.21. The molecule has 0 saturated carbocycles. The van der Waals surface area contributed by atoms with Crippen molar-refractivity contribution < 1.29 is 22.7 Å². The number of nitrogens with zero attached hydrogens (tertiary/aromatic N) is 2. The summed E-state index contributed by atoms with van der Waals surface area (Å²) in [6, 6.07) is 5.40. The van der Waals surface area contributed by atoms with Crippen molar-refractivity contribution in [1.29, 1.82) is 0 Å². The van der Waals surface area contributed by atoms with Crippen molar-refractivity contribution in [2.24, 2.45) is 0 Å². The third kappa shape index (κ3) is 4.31. The van der Waals surface area contributed by atoms with E-state index < -0.39 is 11.9 Å². The lowest BCUT2D eigenvalue weighted by atomic mass is 10.2. The third-order valence-electron chi connectivity index (χ3n) is 2.71. The second kappa shape index (κ2) is 6.51. The minimum Gasteiger partial charge on any atom is -0.495 e. The fraction of sp³-hybridized carbons (Fsp3) is 0.214. The Kier molecular flexibility index (Phi) is 4.68. The van der Waals surface area contributed by atoms with E-state index in [-0.39, 0.29) is 11.9 Å². The maximum Gasteiger partial charge on any atom is 0.433 e. The van der Waals surface area contributed by atoms with Gasteiger partial charge in [0.25, 0.3) is 0 Å². The molecule has 0 atom stereocenters. The number of nitrogens with one attached hydrogen (secondary N) is 2. The highest BCUT2D eigenvalue weighted by atomic mass is 19.4. The zero-order valence-electron chi connectivity index (χ0n) is 12.2. The Hall–Kier alpha value is -2.84. The molecule has 1 aromatic carbocycles. The SMILES string of the molecule is COc1ccc(Nc2nccc(C(F)(F)F)n2)cc1NC(C)=O. The second-order valence-corrected chi connectivity index (χ2v) is 4.48. The molecule has 0 bridgehead atoms. The summed E-state index contributed by atoms with van der Waals surface area (Å²) in [5.74, 6) is -0.106. The fourth-order valence-electron chi connectivity index (χ4n) is 1.78. The summed E-state index contributed by atoms with van der Waals surface area (Å²) in [6.07, 6.45) is -3.54. The second-order valence-electron chi connectivity index (χ2n) is 4.48. The van der Waals surface area contributed by atoms with E-state index in [2.05, 4.69) is 20.6 Å². The van der Waals surface area contributed by atoms with Gasteiger partial charge in [-0.3, -0.25) is 4.79 Å². The maximum atomic E-state index is 12.6. The number of methoxy groups -OCH3 is 1. The van der Waals surface area contributed by atoms with Crippen LogP contribution in [0.3, 0.4) is 0 Å². The molecule has 0 fully saturated rings. The number of aromatic nitrogens is 2. The molecule has 2 aromatic rings. The van der Waals surface area contributed by atoms with Gasteiger partial charge in [0.15, 0.2) is 0 Å². The minimum atomic E-state index is -4.55. The van der Waals surface area contributed by atoms with Crippen LogP contribution in [0.5, 0.6) is 5.75 Å². The average Bonchev–Trinajstić information content (AvgIpc) is 2.46. The van der Waals surface area contributed by atoms with Gasteiger partial charge in [-0.2, -0.15) is 13.2 Å². The van der Waals surface area contributed by atoms with E-state index in [4.69, 9.17) is 4.74 Å². The standard InChI is InChI=1S/C14H13F3N4O2/c1-8(22)19-10-7-9(3-4-11(10)23-2)20-13-18-6-5-12(21-13)14(15,16)17/h3-7H,1-2H3,(H,19,22)(H,18,20,21). The highest BCUT2D eigenvalue weighted by Crippen LogP contribution is 2.30. The Labute approximate surface area is 129 Å². The predicted molar refractivity (Wildman–Crippen MR) is 77.6 cm³/mol. The molecule has 6 nitrogen and oxygen atoms in total. The van der Waals surface area contributed by atoms with Gasteiger partial charge in [0.1, 0.15) is 11.4 Å².